The fourth-order valence-electron chi connectivity index (χ4n) is 1.98. The molecule has 0 spiro atoms. The Bertz CT molecular complexity index is 414. The van der Waals surface area contributed by atoms with E-state index in [4.69, 9.17) is 22.1 Å². The average molecular weight is 325 g/mol. The number of amides is 1. The molecule has 1 aliphatic heterocycles. The summed E-state index contributed by atoms with van der Waals surface area (Å²) in [5.41, 5.74) is 5.51. The van der Waals surface area contributed by atoms with Crippen LogP contribution in [-0.4, -0.2) is 31.2 Å². The van der Waals surface area contributed by atoms with E-state index in [1.54, 1.807) is 11.3 Å². The second-order valence-electron chi connectivity index (χ2n) is 4.31. The van der Waals surface area contributed by atoms with Crippen molar-refractivity contribution >= 4 is 41.3 Å². The molecule has 7 heteroatoms. The van der Waals surface area contributed by atoms with Crippen molar-refractivity contribution in [2.45, 2.75) is 31.5 Å². The summed E-state index contributed by atoms with van der Waals surface area (Å²) in [6.07, 6.45) is 2.14. The van der Waals surface area contributed by atoms with E-state index in [-0.39, 0.29) is 30.5 Å². The maximum absolute atomic E-state index is 11.8. The molecule has 108 valence electrons. The Morgan fingerprint density at radius 2 is 2.32 bits per heavy atom. The van der Waals surface area contributed by atoms with Gasteiger partial charge in [-0.2, -0.15) is 0 Å². The third-order valence-corrected chi connectivity index (χ3v) is 4.25. The van der Waals surface area contributed by atoms with Crippen molar-refractivity contribution in [3.05, 3.63) is 21.3 Å². The molecule has 1 aromatic rings. The maximum Gasteiger partial charge on any atom is 0.249 e. The van der Waals surface area contributed by atoms with E-state index in [0.29, 0.717) is 13.1 Å². The molecule has 2 heterocycles. The highest BCUT2D eigenvalue weighted by atomic mass is 35.5. The Balaban J connectivity index is 0.00000180. The number of halogens is 2. The molecule has 4 nitrogen and oxygen atoms in total. The van der Waals surface area contributed by atoms with Gasteiger partial charge in [-0.1, -0.05) is 11.6 Å². The van der Waals surface area contributed by atoms with Gasteiger partial charge in [-0.25, -0.2) is 0 Å². The standard InChI is InChI=1S/C12H17ClN2O2S.ClH/c13-11-4-2-9(18-11)5-6-15-12(16)10-3-1-8(7-14)17-10;/h2,4,8,10H,1,3,5-7,14H2,(H,15,16);1H/t8-,10+;/m1./s1. The normalized spacial score (nSPS) is 22.0. The molecule has 3 N–H and O–H groups in total. The predicted molar refractivity (Wildman–Crippen MR) is 80.2 cm³/mol. The second kappa shape index (κ2) is 8.07. The lowest BCUT2D eigenvalue weighted by molar-refractivity contribution is -0.131. The molecule has 1 saturated heterocycles. The van der Waals surface area contributed by atoms with Crippen LogP contribution < -0.4 is 11.1 Å². The summed E-state index contributed by atoms with van der Waals surface area (Å²) in [5, 5.41) is 2.89. The van der Waals surface area contributed by atoms with Crippen LogP contribution in [0.4, 0.5) is 0 Å². The van der Waals surface area contributed by atoms with Crippen LogP contribution in [0.3, 0.4) is 0 Å². The zero-order chi connectivity index (χ0) is 13.0. The smallest absolute Gasteiger partial charge is 0.249 e. The van der Waals surface area contributed by atoms with Crippen molar-refractivity contribution in [3.63, 3.8) is 0 Å². The van der Waals surface area contributed by atoms with Crippen molar-refractivity contribution < 1.29 is 9.53 Å². The van der Waals surface area contributed by atoms with E-state index in [9.17, 15) is 4.79 Å². The highest BCUT2D eigenvalue weighted by Crippen LogP contribution is 2.21. The third-order valence-electron chi connectivity index (χ3n) is 2.96. The summed E-state index contributed by atoms with van der Waals surface area (Å²) in [7, 11) is 0. The third kappa shape index (κ3) is 4.93. The molecule has 2 atom stereocenters. The Hall–Kier alpha value is -0.330. The maximum atomic E-state index is 11.8. The van der Waals surface area contributed by atoms with E-state index < -0.39 is 0 Å². The first-order valence-electron chi connectivity index (χ1n) is 6.06. The number of nitrogens with two attached hydrogens (primary N) is 1. The Kier molecular flexibility index (Phi) is 7.10. The van der Waals surface area contributed by atoms with Crippen molar-refractivity contribution in [1.29, 1.82) is 0 Å². The number of nitrogens with one attached hydrogen (secondary N) is 1. The van der Waals surface area contributed by atoms with Crippen LogP contribution in [0.2, 0.25) is 4.34 Å². The topological polar surface area (TPSA) is 64.4 Å². The molecule has 0 bridgehead atoms. The minimum atomic E-state index is -0.328. The van der Waals surface area contributed by atoms with Gasteiger partial charge in [0.25, 0.3) is 0 Å². The molecule has 0 aromatic carbocycles. The summed E-state index contributed by atoms with van der Waals surface area (Å²) in [5.74, 6) is -0.0337. The molecule has 19 heavy (non-hydrogen) atoms. The average Bonchev–Trinajstić information content (AvgIpc) is 2.98. The summed E-state index contributed by atoms with van der Waals surface area (Å²) in [6.45, 7) is 1.10. The molecule has 0 saturated carbocycles. The van der Waals surface area contributed by atoms with Gasteiger partial charge in [-0.05, 0) is 31.4 Å². The van der Waals surface area contributed by atoms with Crippen LogP contribution in [0.25, 0.3) is 0 Å². The SMILES string of the molecule is Cl.NC[C@H]1CC[C@@H](C(=O)NCCc2ccc(Cl)s2)O1. The van der Waals surface area contributed by atoms with Gasteiger partial charge in [0.2, 0.25) is 5.91 Å². The second-order valence-corrected chi connectivity index (χ2v) is 6.11. The van der Waals surface area contributed by atoms with E-state index >= 15 is 0 Å². The lowest BCUT2D eigenvalue weighted by atomic mass is 10.2. The van der Waals surface area contributed by atoms with Gasteiger partial charge < -0.3 is 15.8 Å². The van der Waals surface area contributed by atoms with Crippen LogP contribution in [0.1, 0.15) is 17.7 Å². The minimum absolute atomic E-state index is 0. The summed E-state index contributed by atoms with van der Waals surface area (Å²) >= 11 is 7.38. The summed E-state index contributed by atoms with van der Waals surface area (Å²) in [6, 6.07) is 3.85. The van der Waals surface area contributed by atoms with Crippen LogP contribution in [0.5, 0.6) is 0 Å². The Morgan fingerprint density at radius 1 is 1.53 bits per heavy atom. The fourth-order valence-corrected chi connectivity index (χ4v) is 3.07. The molecular formula is C12H18Cl2N2O2S. The Labute approximate surface area is 128 Å². The van der Waals surface area contributed by atoms with Gasteiger partial charge in [-0.3, -0.25) is 4.79 Å². The van der Waals surface area contributed by atoms with E-state index in [1.165, 1.54) is 4.88 Å². The van der Waals surface area contributed by atoms with E-state index in [0.717, 1.165) is 23.6 Å². The van der Waals surface area contributed by atoms with Crippen LogP contribution in [-0.2, 0) is 16.0 Å². The van der Waals surface area contributed by atoms with Crippen molar-refractivity contribution in [3.8, 4) is 0 Å². The quantitative estimate of drug-likeness (QED) is 0.870. The number of hydrogen-bond donors (Lipinski definition) is 2. The molecule has 0 radical (unpaired) electrons. The molecule has 0 unspecified atom stereocenters. The summed E-state index contributed by atoms with van der Waals surface area (Å²) in [4.78, 5) is 13.0. The number of ether oxygens (including phenoxy) is 1. The predicted octanol–water partition coefficient (Wildman–Crippen LogP) is 1.99. The highest BCUT2D eigenvalue weighted by Gasteiger charge is 2.29. The van der Waals surface area contributed by atoms with Gasteiger partial charge >= 0.3 is 0 Å². The van der Waals surface area contributed by atoms with Crippen LogP contribution >= 0.6 is 35.3 Å². The molecular weight excluding hydrogens is 307 g/mol. The number of rotatable bonds is 5. The number of thiophene rings is 1. The van der Waals surface area contributed by atoms with Crippen LogP contribution in [0, 0.1) is 0 Å². The van der Waals surface area contributed by atoms with E-state index in [1.807, 2.05) is 12.1 Å². The van der Waals surface area contributed by atoms with Gasteiger partial charge in [0, 0.05) is 18.0 Å². The highest BCUT2D eigenvalue weighted by molar-refractivity contribution is 7.16. The molecule has 2 rings (SSSR count). The number of carbonyl (C=O) groups is 1. The van der Waals surface area contributed by atoms with Crippen molar-refractivity contribution in [2.24, 2.45) is 5.73 Å². The lowest BCUT2D eigenvalue weighted by Gasteiger charge is -2.12. The zero-order valence-corrected chi connectivity index (χ0v) is 12.8. The first-order chi connectivity index (χ1) is 8.69. The zero-order valence-electron chi connectivity index (χ0n) is 10.4. The molecule has 1 fully saturated rings. The van der Waals surface area contributed by atoms with E-state index in [2.05, 4.69) is 5.32 Å². The first-order valence-corrected chi connectivity index (χ1v) is 7.26. The molecule has 0 aliphatic carbocycles. The van der Waals surface area contributed by atoms with Crippen LogP contribution in [0.15, 0.2) is 12.1 Å². The Morgan fingerprint density at radius 3 is 2.89 bits per heavy atom. The molecule has 1 aromatic heterocycles. The van der Waals surface area contributed by atoms with Crippen molar-refractivity contribution in [1.82, 2.24) is 5.32 Å². The summed E-state index contributed by atoms with van der Waals surface area (Å²) < 4.78 is 6.30. The largest absolute Gasteiger partial charge is 0.364 e. The van der Waals surface area contributed by atoms with Gasteiger partial charge in [0.1, 0.15) is 6.10 Å². The molecule has 1 amide bonds. The first kappa shape index (κ1) is 16.7. The lowest BCUT2D eigenvalue weighted by Crippen LogP contribution is -2.36. The fraction of sp³-hybridized carbons (Fsp3) is 0.583. The number of carbonyl (C=O) groups excluding carboxylic acids is 1. The van der Waals surface area contributed by atoms with Gasteiger partial charge in [0.05, 0.1) is 10.4 Å². The van der Waals surface area contributed by atoms with Gasteiger partial charge in [-0.15, -0.1) is 23.7 Å². The molecule has 1 aliphatic rings. The van der Waals surface area contributed by atoms with Gasteiger partial charge in [0.15, 0.2) is 0 Å². The van der Waals surface area contributed by atoms with Crippen molar-refractivity contribution in [2.75, 3.05) is 13.1 Å². The number of hydrogen-bond acceptors (Lipinski definition) is 4. The monoisotopic (exact) mass is 324 g/mol. The minimum Gasteiger partial charge on any atom is -0.364 e.